The minimum atomic E-state index is -0.918. The van der Waals surface area contributed by atoms with Crippen LogP contribution >= 0.6 is 15.9 Å². The third-order valence-electron chi connectivity index (χ3n) is 2.46. The Morgan fingerprint density at radius 1 is 1.56 bits per heavy atom. The lowest BCUT2D eigenvalue weighted by molar-refractivity contribution is -0.137. The molecule has 0 aliphatic heterocycles. The molecule has 0 radical (unpaired) electrons. The lowest BCUT2D eigenvalue weighted by Gasteiger charge is -2.11. The van der Waals surface area contributed by atoms with Crippen molar-refractivity contribution in [3.05, 3.63) is 40.9 Å². The quantitative estimate of drug-likeness (QED) is 0.892. The number of carbonyl (C=O) groups is 1. The van der Waals surface area contributed by atoms with E-state index in [0.717, 1.165) is 15.7 Å². The van der Waals surface area contributed by atoms with Crippen molar-refractivity contribution >= 4 is 21.9 Å². The molecule has 0 fully saturated rings. The number of hydrogen-bond acceptors (Lipinski definition) is 4. The van der Waals surface area contributed by atoms with Crippen LogP contribution in [0.2, 0.25) is 0 Å². The summed E-state index contributed by atoms with van der Waals surface area (Å²) >= 11 is 3.41. The highest BCUT2D eigenvalue weighted by Gasteiger charge is 2.12. The van der Waals surface area contributed by atoms with E-state index in [9.17, 15) is 4.79 Å². The van der Waals surface area contributed by atoms with Gasteiger partial charge in [-0.05, 0) is 33.6 Å². The highest BCUT2D eigenvalue weighted by atomic mass is 79.9. The number of aliphatic carboxylic acids is 1. The van der Waals surface area contributed by atoms with Crippen molar-refractivity contribution < 1.29 is 9.90 Å². The first-order valence-electron chi connectivity index (χ1n) is 5.19. The smallest absolute Gasteiger partial charge is 0.305 e. The predicted molar refractivity (Wildman–Crippen MR) is 68.2 cm³/mol. The van der Waals surface area contributed by atoms with Crippen molar-refractivity contribution in [2.75, 3.05) is 0 Å². The molecule has 1 unspecified atom stereocenters. The van der Waals surface area contributed by atoms with Gasteiger partial charge in [-0.3, -0.25) is 4.79 Å². The Balaban J connectivity index is 2.28. The summed E-state index contributed by atoms with van der Waals surface area (Å²) in [5.41, 5.74) is 7.37. The van der Waals surface area contributed by atoms with E-state index in [2.05, 4.69) is 26.0 Å². The van der Waals surface area contributed by atoms with E-state index in [4.69, 9.17) is 10.8 Å². The molecule has 0 saturated heterocycles. The number of halogens is 1. The van der Waals surface area contributed by atoms with Crippen LogP contribution in [-0.2, 0) is 4.79 Å². The van der Waals surface area contributed by atoms with Crippen LogP contribution in [0.1, 0.15) is 18.0 Å². The van der Waals surface area contributed by atoms with Gasteiger partial charge in [-0.15, -0.1) is 0 Å². The second-order valence-corrected chi connectivity index (χ2v) is 4.61. The molecule has 0 aliphatic carbocycles. The average Bonchev–Trinajstić information content (AvgIpc) is 2.81. The molecule has 0 amide bonds. The van der Waals surface area contributed by atoms with Crippen molar-refractivity contribution in [3.8, 4) is 5.69 Å². The predicted octanol–water partition coefficient (Wildman–Crippen LogP) is 1.50. The van der Waals surface area contributed by atoms with Gasteiger partial charge in [0.25, 0.3) is 0 Å². The average molecular weight is 311 g/mol. The van der Waals surface area contributed by atoms with E-state index in [1.54, 1.807) is 23.1 Å². The summed E-state index contributed by atoms with van der Waals surface area (Å²) in [5, 5.41) is 12.7. The van der Waals surface area contributed by atoms with Crippen LogP contribution in [0.4, 0.5) is 0 Å². The maximum Gasteiger partial charge on any atom is 0.305 e. The molecule has 3 N–H and O–H groups in total. The zero-order chi connectivity index (χ0) is 13.1. The molecule has 0 spiro atoms. The molecular formula is C11H11BrN4O2. The third kappa shape index (κ3) is 2.74. The second kappa shape index (κ2) is 5.28. The highest BCUT2D eigenvalue weighted by molar-refractivity contribution is 9.10. The Kier molecular flexibility index (Phi) is 3.73. The summed E-state index contributed by atoms with van der Waals surface area (Å²) in [5.74, 6) is -0.918. The molecule has 0 aliphatic rings. The molecule has 1 aromatic heterocycles. The zero-order valence-electron chi connectivity index (χ0n) is 9.32. The highest BCUT2D eigenvalue weighted by Crippen LogP contribution is 2.25. The van der Waals surface area contributed by atoms with Gasteiger partial charge in [-0.2, -0.15) is 5.10 Å². The number of carboxylic acids is 1. The van der Waals surface area contributed by atoms with E-state index in [1.165, 1.54) is 6.33 Å². The maximum atomic E-state index is 10.6. The van der Waals surface area contributed by atoms with Crippen molar-refractivity contribution in [2.24, 2.45) is 5.73 Å². The standard InChI is InChI=1S/C11H11BrN4O2/c12-8-3-7(9(13)4-11(17)18)1-2-10(8)16-6-14-5-15-16/h1-3,5-6,9H,4,13H2,(H,17,18). The number of carboxylic acid groups (broad SMARTS) is 1. The van der Waals surface area contributed by atoms with Gasteiger partial charge in [0, 0.05) is 10.5 Å². The summed E-state index contributed by atoms with van der Waals surface area (Å²) in [6.07, 6.45) is 2.92. The zero-order valence-corrected chi connectivity index (χ0v) is 10.9. The van der Waals surface area contributed by atoms with Gasteiger partial charge in [0.05, 0.1) is 12.1 Å². The fraction of sp³-hybridized carbons (Fsp3) is 0.182. The minimum Gasteiger partial charge on any atom is -0.481 e. The van der Waals surface area contributed by atoms with E-state index in [-0.39, 0.29) is 6.42 Å². The molecule has 0 saturated carbocycles. The SMILES string of the molecule is NC(CC(=O)O)c1ccc(-n2cncn2)c(Br)c1. The molecule has 18 heavy (non-hydrogen) atoms. The van der Waals surface area contributed by atoms with Gasteiger partial charge in [-0.1, -0.05) is 6.07 Å². The lowest BCUT2D eigenvalue weighted by atomic mass is 10.0. The van der Waals surface area contributed by atoms with Gasteiger partial charge in [-0.25, -0.2) is 9.67 Å². The first kappa shape index (κ1) is 12.7. The Hall–Kier alpha value is -1.73. The summed E-state index contributed by atoms with van der Waals surface area (Å²) in [7, 11) is 0. The van der Waals surface area contributed by atoms with E-state index < -0.39 is 12.0 Å². The van der Waals surface area contributed by atoms with Crippen LogP contribution in [0.15, 0.2) is 35.3 Å². The van der Waals surface area contributed by atoms with Crippen LogP contribution in [0, 0.1) is 0 Å². The number of nitrogens with two attached hydrogens (primary N) is 1. The molecule has 7 heteroatoms. The maximum absolute atomic E-state index is 10.6. The van der Waals surface area contributed by atoms with Crippen LogP contribution in [0.25, 0.3) is 5.69 Å². The summed E-state index contributed by atoms with van der Waals surface area (Å²) < 4.78 is 2.39. The molecule has 1 heterocycles. The molecular weight excluding hydrogens is 300 g/mol. The Morgan fingerprint density at radius 2 is 2.33 bits per heavy atom. The molecule has 94 valence electrons. The Bertz CT molecular complexity index is 556. The molecule has 2 aromatic rings. The molecule has 2 rings (SSSR count). The normalized spacial score (nSPS) is 12.3. The van der Waals surface area contributed by atoms with Gasteiger partial charge in [0.1, 0.15) is 12.7 Å². The number of rotatable bonds is 4. The number of hydrogen-bond donors (Lipinski definition) is 2. The topological polar surface area (TPSA) is 94.0 Å². The summed E-state index contributed by atoms with van der Waals surface area (Å²) in [6.45, 7) is 0. The lowest BCUT2D eigenvalue weighted by Crippen LogP contribution is -2.15. The second-order valence-electron chi connectivity index (χ2n) is 3.76. The monoisotopic (exact) mass is 310 g/mol. The fourth-order valence-electron chi connectivity index (χ4n) is 1.58. The Labute approximate surface area is 112 Å². The number of nitrogens with zero attached hydrogens (tertiary/aromatic N) is 3. The third-order valence-corrected chi connectivity index (χ3v) is 3.10. The van der Waals surface area contributed by atoms with Crippen molar-refractivity contribution in [1.82, 2.24) is 14.8 Å². The number of aromatic nitrogens is 3. The van der Waals surface area contributed by atoms with Crippen molar-refractivity contribution in [3.63, 3.8) is 0 Å². The van der Waals surface area contributed by atoms with Gasteiger partial charge >= 0.3 is 5.97 Å². The Morgan fingerprint density at radius 3 is 2.89 bits per heavy atom. The first-order valence-corrected chi connectivity index (χ1v) is 5.99. The summed E-state index contributed by atoms with van der Waals surface area (Å²) in [6, 6.07) is 4.87. The minimum absolute atomic E-state index is 0.102. The summed E-state index contributed by atoms with van der Waals surface area (Å²) in [4.78, 5) is 14.5. The van der Waals surface area contributed by atoms with Crippen LogP contribution in [0.5, 0.6) is 0 Å². The van der Waals surface area contributed by atoms with E-state index in [1.807, 2.05) is 6.07 Å². The van der Waals surface area contributed by atoms with E-state index in [0.29, 0.717) is 0 Å². The molecule has 1 atom stereocenters. The van der Waals surface area contributed by atoms with Gasteiger partial charge in [0.15, 0.2) is 0 Å². The van der Waals surface area contributed by atoms with Crippen molar-refractivity contribution in [1.29, 1.82) is 0 Å². The van der Waals surface area contributed by atoms with Crippen LogP contribution in [0.3, 0.4) is 0 Å². The van der Waals surface area contributed by atoms with Gasteiger partial charge in [0.2, 0.25) is 0 Å². The molecule has 0 bridgehead atoms. The first-order chi connectivity index (χ1) is 8.58. The van der Waals surface area contributed by atoms with E-state index >= 15 is 0 Å². The molecule has 6 nitrogen and oxygen atoms in total. The fourth-order valence-corrected chi connectivity index (χ4v) is 2.16. The molecule has 1 aromatic carbocycles. The van der Waals surface area contributed by atoms with Crippen molar-refractivity contribution in [2.45, 2.75) is 12.5 Å². The van der Waals surface area contributed by atoms with Crippen LogP contribution in [-0.4, -0.2) is 25.8 Å². The van der Waals surface area contributed by atoms with Gasteiger partial charge < -0.3 is 10.8 Å². The number of benzene rings is 1. The largest absolute Gasteiger partial charge is 0.481 e. The van der Waals surface area contributed by atoms with Crippen LogP contribution < -0.4 is 5.73 Å².